The number of carbonyl (C=O) groups is 3. The Balaban J connectivity index is 1.49. The van der Waals surface area contributed by atoms with Crippen molar-refractivity contribution in [3.63, 3.8) is 0 Å². The minimum Gasteiger partial charge on any atom is -0.481 e. The highest BCUT2D eigenvalue weighted by molar-refractivity contribution is 5.86. The summed E-state index contributed by atoms with van der Waals surface area (Å²) in [6, 6.07) is -0.180. The van der Waals surface area contributed by atoms with E-state index in [1.54, 1.807) is 15.9 Å². The highest BCUT2D eigenvalue weighted by Gasteiger charge is 2.42. The van der Waals surface area contributed by atoms with Gasteiger partial charge in [0.15, 0.2) is 0 Å². The first-order valence-corrected chi connectivity index (χ1v) is 11.1. The van der Waals surface area contributed by atoms with Crippen molar-refractivity contribution in [2.45, 2.75) is 71.4 Å². The lowest BCUT2D eigenvalue weighted by molar-refractivity contribution is -0.141. The van der Waals surface area contributed by atoms with Crippen LogP contribution in [0.3, 0.4) is 0 Å². The van der Waals surface area contributed by atoms with E-state index in [9.17, 15) is 19.2 Å². The van der Waals surface area contributed by atoms with Crippen molar-refractivity contribution in [1.82, 2.24) is 15.1 Å². The minimum absolute atomic E-state index is 0.000443. The molecule has 3 aliphatic rings. The Morgan fingerprint density at radius 2 is 1.90 bits per heavy atom. The number of aliphatic imine (C=N–C) groups is 1. The monoisotopic (exact) mass is 434 g/mol. The summed E-state index contributed by atoms with van der Waals surface area (Å²) >= 11 is 0. The van der Waals surface area contributed by atoms with Crippen LogP contribution in [0, 0.1) is 16.7 Å². The summed E-state index contributed by atoms with van der Waals surface area (Å²) < 4.78 is 0. The smallest absolute Gasteiger partial charge is 0.317 e. The number of urea groups is 1. The van der Waals surface area contributed by atoms with Crippen molar-refractivity contribution in [3.8, 4) is 0 Å². The van der Waals surface area contributed by atoms with Crippen LogP contribution in [0.25, 0.3) is 0 Å². The molecule has 3 fully saturated rings. The summed E-state index contributed by atoms with van der Waals surface area (Å²) in [5.74, 6) is -1.65. The van der Waals surface area contributed by atoms with Crippen molar-refractivity contribution in [1.29, 1.82) is 0 Å². The SMILES string of the molecule is CC1(C)CC(N=C=O)CC(C)(CNC(=O)N2CCC(N3CC(C(=O)O)CC3=O)CC2)C1. The van der Waals surface area contributed by atoms with E-state index in [2.05, 4.69) is 31.1 Å². The standard InChI is InChI=1S/C22H34N4O5/c1-21(2)9-16(24-14-27)10-22(3,12-21)13-23-20(31)25-6-4-17(5-7-25)26-11-15(19(29)30)8-18(26)28/h15-17H,4-13H2,1-3H3,(H,23,31)(H,29,30). The molecule has 9 heteroatoms. The van der Waals surface area contributed by atoms with Gasteiger partial charge in [0, 0.05) is 38.6 Å². The van der Waals surface area contributed by atoms with Crippen LogP contribution in [0.15, 0.2) is 4.99 Å². The van der Waals surface area contributed by atoms with Crippen molar-refractivity contribution in [3.05, 3.63) is 0 Å². The highest BCUT2D eigenvalue weighted by atomic mass is 16.4. The maximum atomic E-state index is 12.8. The molecule has 0 aromatic rings. The third-order valence-electron chi connectivity index (χ3n) is 7.02. The number of hydrogen-bond acceptors (Lipinski definition) is 5. The van der Waals surface area contributed by atoms with Crippen LogP contribution in [-0.2, 0) is 14.4 Å². The van der Waals surface area contributed by atoms with Gasteiger partial charge in [0.25, 0.3) is 0 Å². The van der Waals surface area contributed by atoms with Crippen LogP contribution in [0.1, 0.15) is 59.3 Å². The molecule has 3 amide bonds. The molecule has 9 nitrogen and oxygen atoms in total. The zero-order valence-electron chi connectivity index (χ0n) is 18.7. The number of carbonyl (C=O) groups excluding carboxylic acids is 3. The normalized spacial score (nSPS) is 31.3. The number of aliphatic carboxylic acids is 1. The second-order valence-electron chi connectivity index (χ2n) is 10.6. The molecule has 2 N–H and O–H groups in total. The van der Waals surface area contributed by atoms with E-state index in [0.717, 1.165) is 19.3 Å². The van der Waals surface area contributed by atoms with Crippen molar-refractivity contribution in [2.75, 3.05) is 26.2 Å². The number of nitrogens with one attached hydrogen (secondary N) is 1. The summed E-state index contributed by atoms with van der Waals surface area (Å²) in [4.78, 5) is 54.3. The van der Waals surface area contributed by atoms with Crippen molar-refractivity contribution >= 4 is 24.0 Å². The maximum Gasteiger partial charge on any atom is 0.317 e. The molecule has 0 aromatic carbocycles. The molecule has 3 unspecified atom stereocenters. The molecular formula is C22H34N4O5. The summed E-state index contributed by atoms with van der Waals surface area (Å²) in [6.07, 6.45) is 5.60. The molecule has 0 aromatic heterocycles. The first-order valence-electron chi connectivity index (χ1n) is 11.1. The summed E-state index contributed by atoms with van der Waals surface area (Å²) in [7, 11) is 0. The Labute approximate surface area is 183 Å². The molecule has 2 aliphatic heterocycles. The van der Waals surface area contributed by atoms with Crippen LogP contribution in [0.5, 0.6) is 0 Å². The van der Waals surface area contributed by atoms with E-state index >= 15 is 0 Å². The van der Waals surface area contributed by atoms with Gasteiger partial charge in [-0.1, -0.05) is 20.8 Å². The fourth-order valence-electron chi connectivity index (χ4n) is 5.91. The van der Waals surface area contributed by atoms with Gasteiger partial charge in [-0.2, -0.15) is 0 Å². The zero-order valence-corrected chi connectivity index (χ0v) is 18.7. The molecule has 0 radical (unpaired) electrons. The van der Waals surface area contributed by atoms with Crippen LogP contribution < -0.4 is 5.32 Å². The molecule has 2 heterocycles. The van der Waals surface area contributed by atoms with Gasteiger partial charge in [-0.3, -0.25) is 9.59 Å². The molecule has 1 saturated carbocycles. The number of likely N-dealkylation sites (tertiary alicyclic amines) is 2. The van der Waals surface area contributed by atoms with E-state index in [4.69, 9.17) is 5.11 Å². The average Bonchev–Trinajstić information content (AvgIpc) is 3.07. The number of isocyanates is 1. The van der Waals surface area contributed by atoms with Crippen molar-refractivity contribution in [2.24, 2.45) is 21.7 Å². The third-order valence-corrected chi connectivity index (χ3v) is 7.02. The molecule has 0 bridgehead atoms. The molecule has 1 aliphatic carbocycles. The second kappa shape index (κ2) is 8.99. The van der Waals surface area contributed by atoms with Crippen LogP contribution in [-0.4, -0.2) is 77.2 Å². The third kappa shape index (κ3) is 5.64. The van der Waals surface area contributed by atoms with Gasteiger partial charge < -0.3 is 20.2 Å². The van der Waals surface area contributed by atoms with Gasteiger partial charge in [0.2, 0.25) is 12.0 Å². The van der Waals surface area contributed by atoms with E-state index in [0.29, 0.717) is 32.5 Å². The lowest BCUT2D eigenvalue weighted by Gasteiger charge is -2.45. The highest BCUT2D eigenvalue weighted by Crippen LogP contribution is 2.46. The lowest BCUT2D eigenvalue weighted by Crippen LogP contribution is -2.52. The van der Waals surface area contributed by atoms with E-state index in [1.807, 2.05) is 0 Å². The summed E-state index contributed by atoms with van der Waals surface area (Å²) in [5, 5.41) is 12.2. The Morgan fingerprint density at radius 3 is 2.48 bits per heavy atom. The van der Waals surface area contributed by atoms with Gasteiger partial charge in [-0.05, 0) is 42.9 Å². The van der Waals surface area contributed by atoms with Gasteiger partial charge in [-0.15, -0.1) is 0 Å². The van der Waals surface area contributed by atoms with Crippen LogP contribution >= 0.6 is 0 Å². The second-order valence-corrected chi connectivity index (χ2v) is 10.6. The predicted octanol–water partition coefficient (Wildman–Crippen LogP) is 2.01. The molecule has 0 spiro atoms. The Kier molecular flexibility index (Phi) is 6.74. The van der Waals surface area contributed by atoms with Crippen LogP contribution in [0.2, 0.25) is 0 Å². The Bertz CT molecular complexity index is 770. The molecule has 172 valence electrons. The number of nitrogens with zero attached hydrogens (tertiary/aromatic N) is 3. The van der Waals surface area contributed by atoms with Crippen LogP contribution in [0.4, 0.5) is 4.79 Å². The van der Waals surface area contributed by atoms with Gasteiger partial charge >= 0.3 is 12.0 Å². The molecular weight excluding hydrogens is 400 g/mol. The number of carboxylic acid groups (broad SMARTS) is 1. The number of hydrogen-bond donors (Lipinski definition) is 2. The zero-order chi connectivity index (χ0) is 22.8. The quantitative estimate of drug-likeness (QED) is 0.507. The number of carboxylic acids is 1. The average molecular weight is 435 g/mol. The fourth-order valence-corrected chi connectivity index (χ4v) is 5.91. The topological polar surface area (TPSA) is 119 Å². The predicted molar refractivity (Wildman–Crippen MR) is 113 cm³/mol. The van der Waals surface area contributed by atoms with Gasteiger partial charge in [-0.25, -0.2) is 14.6 Å². The van der Waals surface area contributed by atoms with Gasteiger partial charge in [0.1, 0.15) is 0 Å². The van der Waals surface area contributed by atoms with Gasteiger partial charge in [0.05, 0.1) is 12.0 Å². The Hall–Kier alpha value is -2.41. The number of rotatable bonds is 5. The van der Waals surface area contributed by atoms with E-state index in [-0.39, 0.29) is 47.8 Å². The number of piperidine rings is 1. The molecule has 3 atom stereocenters. The molecule has 3 rings (SSSR count). The van der Waals surface area contributed by atoms with E-state index in [1.165, 1.54) is 0 Å². The molecule has 2 saturated heterocycles. The summed E-state index contributed by atoms with van der Waals surface area (Å²) in [6.45, 7) is 8.33. The van der Waals surface area contributed by atoms with Crippen molar-refractivity contribution < 1.29 is 24.3 Å². The van der Waals surface area contributed by atoms with E-state index < -0.39 is 11.9 Å². The lowest BCUT2D eigenvalue weighted by atomic mass is 9.63. The minimum atomic E-state index is -0.923. The first kappa shape index (κ1) is 23.3. The molecule has 31 heavy (non-hydrogen) atoms. The summed E-state index contributed by atoms with van der Waals surface area (Å²) in [5.41, 5.74) is -0.105. The number of amides is 3. The fraction of sp³-hybridized carbons (Fsp3) is 0.818. The largest absolute Gasteiger partial charge is 0.481 e. The maximum absolute atomic E-state index is 12.8. The first-order chi connectivity index (χ1) is 14.5. The Morgan fingerprint density at radius 1 is 1.23 bits per heavy atom.